The number of carbonyl (C=O) groups is 5. The molecule has 3 aliphatic rings. The summed E-state index contributed by atoms with van der Waals surface area (Å²) in [4.78, 5) is 75.3. The average molecular weight is 1430 g/mol. The standard InChI is InChI=1S/C26H31F2N3O4.C12H25NO2.C11H23NO2.C11H25N.C6H16N2.2C4H8O.C2H7P.2CH4/c1-15(2)11-29-12-16(3)8-9-31-22(29)14-30-13-19(24(33)25(34)23(30)26(31)35)21(32)7-5-17-4-6-18(27)10-20(17)28;1-10(8-9-13-5)6-7-11(14)15-12(2,3)4;1-9(7-8-12)5-6-10(13)14-11(2,3)4;1-10(2)6-5-7-11(3)8-9-12-4;1-6(5-7)3-4-8-2;1-2-4-5-3-1;1-4(2)3-5;1-2-3;;/h4,6,10,13,15-16,22,34H,5,7-9,11-12,14H2,1-3H3;10,13H,6-9H2,1-5H3;9H,5-8,12H2,1-4H3;10-12H,5-9H2,1-4H3;6,8H,3-5,7H2,1-2H3;1-4H2;3-4H,1-2H3;2-3H2,1H3;2*1H4/t16-,22?;10-;9-;11-;6-;;;;;/m10001...../s1. The second kappa shape index (κ2) is 60.2. The quantitative estimate of drug-likeness (QED) is 0.0192. The summed E-state index contributed by atoms with van der Waals surface area (Å²) in [6.07, 6.45) is 17.9. The van der Waals surface area contributed by atoms with Crippen LogP contribution in [0.15, 0.2) is 29.2 Å². The molecule has 21 heteroatoms. The van der Waals surface area contributed by atoms with Crippen molar-refractivity contribution in [2.45, 2.75) is 266 Å². The van der Waals surface area contributed by atoms with Gasteiger partial charge < -0.3 is 61.0 Å². The predicted octanol–water partition coefficient (Wildman–Crippen LogP) is 14.9. The largest absolute Gasteiger partial charge is 0.503 e. The van der Waals surface area contributed by atoms with Crippen LogP contribution in [-0.4, -0.2) is 160 Å². The maximum atomic E-state index is 14.0. The highest BCUT2D eigenvalue weighted by Gasteiger charge is 2.41. The first kappa shape index (κ1) is 103. The smallest absolute Gasteiger partial charge is 0.306 e. The number of aromatic nitrogens is 1. The number of rotatable bonds is 29. The van der Waals surface area contributed by atoms with E-state index in [0.29, 0.717) is 62.1 Å². The van der Waals surface area contributed by atoms with Gasteiger partial charge in [-0.05, 0) is 219 Å². The molecule has 18 nitrogen and oxygen atoms in total. The molecule has 2 unspecified atom stereocenters. The van der Waals surface area contributed by atoms with Gasteiger partial charge in [-0.1, -0.05) is 123 Å². The lowest BCUT2D eigenvalue weighted by molar-refractivity contribution is -0.156. The minimum Gasteiger partial charge on any atom is -0.503 e. The molecule has 8 N–H and O–H groups in total. The highest BCUT2D eigenvalue weighted by molar-refractivity contribution is 7.16. The molecule has 1 aromatic carbocycles. The maximum Gasteiger partial charge on any atom is 0.306 e. The minimum atomic E-state index is -0.908. The van der Waals surface area contributed by atoms with E-state index in [-0.39, 0.29) is 79.7 Å². The van der Waals surface area contributed by atoms with Crippen molar-refractivity contribution in [2.24, 2.45) is 58.8 Å². The van der Waals surface area contributed by atoms with E-state index in [2.05, 4.69) is 99.3 Å². The number of pyridine rings is 1. The molecule has 2 fully saturated rings. The number of nitrogens with two attached hydrogens (primary N) is 2. The maximum absolute atomic E-state index is 14.0. The Labute approximate surface area is 605 Å². The first-order valence-electron chi connectivity index (χ1n) is 36.4. The molecule has 2 saturated heterocycles. The summed E-state index contributed by atoms with van der Waals surface area (Å²) in [5, 5.41) is 20.1. The molecule has 3 aliphatic heterocycles. The number of aromatic hydroxyl groups is 1. The molecular formula is C78H151F2N8O10P. The Balaban J connectivity index is -0.000000386. The van der Waals surface area contributed by atoms with Crippen LogP contribution in [0.4, 0.5) is 8.78 Å². The SMILES string of the molecule is C.C.C1CCOC1.CC(C)C=O.CC(C)CN1C[C@H](C)CCN2C(=O)c3c(O)c(=O)c(C(=O)CCc4ccc(F)cc4F)cn3CC12.CCP.CNCC[C@@H](C)CCC(=O)OC(C)(C)C.CNCC[C@@H](C)CCCC(C)C.CNCC[C@@H](C)CN.C[C@H](CCN)CCC(=O)OC(C)(C)C. The first-order chi connectivity index (χ1) is 45.4. The summed E-state index contributed by atoms with van der Waals surface area (Å²) in [5.74, 6) is 1.08. The molecule has 0 radical (unpaired) electrons. The van der Waals surface area contributed by atoms with E-state index in [9.17, 15) is 42.7 Å². The molecule has 2 aromatic rings. The van der Waals surface area contributed by atoms with E-state index in [0.717, 1.165) is 108 Å². The molecule has 0 aliphatic carbocycles. The molecule has 4 heterocycles. The molecule has 0 spiro atoms. The zero-order chi connectivity index (χ0) is 74.9. The number of esters is 2. The van der Waals surface area contributed by atoms with Gasteiger partial charge in [0.25, 0.3) is 5.91 Å². The number of hydrogen-bond donors (Lipinski definition) is 6. The molecular weight excluding hydrogens is 1280 g/mol. The lowest BCUT2D eigenvalue weighted by Crippen LogP contribution is -2.57. The minimum absolute atomic E-state index is 0. The van der Waals surface area contributed by atoms with Gasteiger partial charge in [0.1, 0.15) is 35.3 Å². The third kappa shape index (κ3) is 54.1. The summed E-state index contributed by atoms with van der Waals surface area (Å²) < 4.78 is 44.0. The number of ether oxygens (including phenoxy) is 3. The van der Waals surface area contributed by atoms with E-state index >= 15 is 0 Å². The number of nitrogens with zero attached hydrogens (tertiary/aromatic N) is 3. The summed E-state index contributed by atoms with van der Waals surface area (Å²) in [6, 6.07) is 3.11. The third-order valence-corrected chi connectivity index (χ3v) is 15.6. The Morgan fingerprint density at radius 1 is 0.727 bits per heavy atom. The van der Waals surface area contributed by atoms with Crippen LogP contribution in [0.25, 0.3) is 0 Å². The van der Waals surface area contributed by atoms with Crippen molar-refractivity contribution in [1.29, 1.82) is 0 Å². The van der Waals surface area contributed by atoms with Gasteiger partial charge in [0.15, 0.2) is 17.2 Å². The third-order valence-electron chi connectivity index (χ3n) is 15.6. The number of fused-ring (bicyclic) bond motifs is 2. The number of ketones is 1. The second-order valence-electron chi connectivity index (χ2n) is 29.7. The lowest BCUT2D eigenvalue weighted by Gasteiger charge is -2.42. The van der Waals surface area contributed by atoms with Crippen molar-refractivity contribution in [3.63, 3.8) is 0 Å². The molecule has 7 atom stereocenters. The second-order valence-corrected chi connectivity index (χ2v) is 30.5. The van der Waals surface area contributed by atoms with Gasteiger partial charge in [-0.2, -0.15) is 0 Å². The Kier molecular flexibility index (Phi) is 62.8. The van der Waals surface area contributed by atoms with Gasteiger partial charge >= 0.3 is 11.9 Å². The number of hydrogen-bond acceptors (Lipinski definition) is 16. The summed E-state index contributed by atoms with van der Waals surface area (Å²) in [7, 11) is 8.51. The lowest BCUT2D eigenvalue weighted by atomic mass is 9.97. The Morgan fingerprint density at radius 3 is 1.61 bits per heavy atom. The molecule has 1 amide bonds. The number of carbonyl (C=O) groups excluding carboxylic acids is 5. The first-order valence-corrected chi connectivity index (χ1v) is 37.2. The van der Waals surface area contributed by atoms with Crippen LogP contribution in [0.1, 0.15) is 262 Å². The number of aryl methyl sites for hydroxylation is 1. The van der Waals surface area contributed by atoms with E-state index in [1.54, 1.807) is 4.90 Å². The van der Waals surface area contributed by atoms with Crippen LogP contribution in [0.3, 0.4) is 0 Å². The van der Waals surface area contributed by atoms with Gasteiger partial charge in [-0.15, -0.1) is 9.24 Å². The average Bonchev–Trinajstić information content (AvgIpc) is 1.65. The Hall–Kier alpha value is -4.27. The van der Waals surface area contributed by atoms with Crippen molar-refractivity contribution >= 4 is 39.2 Å². The zero-order valence-electron chi connectivity index (χ0n) is 64.8. The monoisotopic (exact) mass is 1430 g/mol. The fourth-order valence-corrected chi connectivity index (χ4v) is 9.98. The fourth-order valence-electron chi connectivity index (χ4n) is 9.98. The number of halogens is 2. The normalized spacial score (nSPS) is 15.9. The van der Waals surface area contributed by atoms with Gasteiger partial charge in [-0.25, -0.2) is 8.78 Å². The topological polar surface area (TPSA) is 250 Å². The van der Waals surface area contributed by atoms with Gasteiger partial charge in [0.05, 0.1) is 12.1 Å². The van der Waals surface area contributed by atoms with Crippen LogP contribution < -0.4 is 32.8 Å². The highest BCUT2D eigenvalue weighted by atomic mass is 31.0. The molecule has 0 bridgehead atoms. The summed E-state index contributed by atoms with van der Waals surface area (Å²) in [5.41, 5.74) is 8.99. The van der Waals surface area contributed by atoms with Crippen LogP contribution >= 0.6 is 9.24 Å². The number of amides is 1. The Bertz CT molecular complexity index is 2440. The van der Waals surface area contributed by atoms with Crippen LogP contribution in [0.5, 0.6) is 5.75 Å². The van der Waals surface area contributed by atoms with Gasteiger partial charge in [0, 0.05) is 70.3 Å². The fraction of sp³-hybridized carbons (Fsp3) is 0.795. The number of nitrogens with one attached hydrogen (secondary N) is 3. The van der Waals surface area contributed by atoms with Crippen LogP contribution in [0.2, 0.25) is 0 Å². The van der Waals surface area contributed by atoms with E-state index in [1.165, 1.54) is 74.5 Å². The van der Waals surface area contributed by atoms with Crippen LogP contribution in [-0.2, 0) is 41.6 Å². The summed E-state index contributed by atoms with van der Waals surface area (Å²) >= 11 is 0. The molecule has 582 valence electrons. The molecule has 0 saturated carbocycles. The van der Waals surface area contributed by atoms with Crippen molar-refractivity contribution in [3.8, 4) is 5.75 Å². The van der Waals surface area contributed by atoms with E-state index in [4.69, 9.17) is 25.7 Å². The number of aldehydes is 1. The van der Waals surface area contributed by atoms with Gasteiger partial charge in [-0.3, -0.25) is 28.9 Å². The van der Waals surface area contributed by atoms with Crippen molar-refractivity contribution in [3.05, 3.63) is 63.1 Å². The molecule has 5 rings (SSSR count). The van der Waals surface area contributed by atoms with Crippen LogP contribution in [0, 0.1) is 59.0 Å². The Morgan fingerprint density at radius 2 is 1.20 bits per heavy atom. The predicted molar refractivity (Wildman–Crippen MR) is 415 cm³/mol. The number of Topliss-reactive ketones (excluding diaryl/α,β-unsaturated/α-hetero) is 1. The molecule has 99 heavy (non-hydrogen) atoms. The summed E-state index contributed by atoms with van der Waals surface area (Å²) in [6.45, 7) is 46.1. The highest BCUT2D eigenvalue weighted by Crippen LogP contribution is 2.30. The van der Waals surface area contributed by atoms with Crippen molar-refractivity contribution in [1.82, 2.24) is 30.3 Å². The number of benzene rings is 1. The van der Waals surface area contributed by atoms with E-state index < -0.39 is 34.5 Å². The van der Waals surface area contributed by atoms with Gasteiger partial charge in [0.2, 0.25) is 5.43 Å². The van der Waals surface area contributed by atoms with Crippen molar-refractivity contribution in [2.75, 3.05) is 92.9 Å². The van der Waals surface area contributed by atoms with E-state index in [1.807, 2.05) is 76.5 Å². The zero-order valence-corrected chi connectivity index (χ0v) is 66.0. The van der Waals surface area contributed by atoms with Crippen molar-refractivity contribution < 1.29 is 52.1 Å². The molecule has 1 aromatic heterocycles.